The van der Waals surface area contributed by atoms with Crippen molar-refractivity contribution in [2.24, 2.45) is 5.73 Å². The van der Waals surface area contributed by atoms with Gasteiger partial charge in [-0.3, -0.25) is 4.79 Å². The van der Waals surface area contributed by atoms with E-state index in [1.807, 2.05) is 24.3 Å². The van der Waals surface area contributed by atoms with Gasteiger partial charge in [0.25, 0.3) is 0 Å². The van der Waals surface area contributed by atoms with Crippen LogP contribution in [0.3, 0.4) is 0 Å². The number of carboxylic acid groups (broad SMARTS) is 1. The molecule has 1 aliphatic rings. The largest absolute Gasteiger partial charge is 0.480 e. The highest BCUT2D eigenvalue weighted by Gasteiger charge is 2.34. The van der Waals surface area contributed by atoms with Crippen LogP contribution >= 0.6 is 0 Å². The maximum atomic E-state index is 10.8. The SMILES string of the molecule is N#C[C@H]1Nc2ccccc2[C@@H]1CC(N)C(=O)O. The van der Waals surface area contributed by atoms with Gasteiger partial charge in [0.05, 0.1) is 6.07 Å². The molecule has 5 nitrogen and oxygen atoms in total. The number of benzene rings is 1. The van der Waals surface area contributed by atoms with Crippen molar-refractivity contribution >= 4 is 11.7 Å². The molecule has 17 heavy (non-hydrogen) atoms. The Morgan fingerprint density at radius 1 is 1.59 bits per heavy atom. The highest BCUT2D eigenvalue weighted by atomic mass is 16.4. The van der Waals surface area contributed by atoms with Crippen molar-refractivity contribution in [3.8, 4) is 6.07 Å². The molecule has 0 saturated carbocycles. The summed E-state index contributed by atoms with van der Waals surface area (Å²) in [6.07, 6.45) is 0.261. The highest BCUT2D eigenvalue weighted by molar-refractivity contribution is 5.73. The molecular formula is C12H13N3O2. The summed E-state index contributed by atoms with van der Waals surface area (Å²) in [5, 5.41) is 20.9. The van der Waals surface area contributed by atoms with E-state index in [-0.39, 0.29) is 12.3 Å². The second-order valence-electron chi connectivity index (χ2n) is 4.13. The van der Waals surface area contributed by atoms with Gasteiger partial charge in [-0.2, -0.15) is 5.26 Å². The summed E-state index contributed by atoms with van der Waals surface area (Å²) in [6, 6.07) is 8.33. The lowest BCUT2D eigenvalue weighted by Gasteiger charge is -2.16. The van der Waals surface area contributed by atoms with E-state index in [4.69, 9.17) is 16.1 Å². The van der Waals surface area contributed by atoms with Crippen LogP contribution in [0.4, 0.5) is 5.69 Å². The lowest BCUT2D eigenvalue weighted by Crippen LogP contribution is -2.34. The first-order valence-electron chi connectivity index (χ1n) is 5.37. The van der Waals surface area contributed by atoms with Crippen molar-refractivity contribution in [1.82, 2.24) is 0 Å². The maximum absolute atomic E-state index is 10.8. The Kier molecular flexibility index (Phi) is 2.98. The number of nitrogens with two attached hydrogens (primary N) is 1. The summed E-state index contributed by atoms with van der Waals surface area (Å²) in [4.78, 5) is 10.8. The van der Waals surface area contributed by atoms with E-state index in [2.05, 4.69) is 11.4 Å². The Hall–Kier alpha value is -2.06. The number of carbonyl (C=O) groups is 1. The van der Waals surface area contributed by atoms with Gasteiger partial charge in [-0.1, -0.05) is 18.2 Å². The summed E-state index contributed by atoms with van der Waals surface area (Å²) >= 11 is 0. The van der Waals surface area contributed by atoms with E-state index < -0.39 is 18.1 Å². The molecule has 0 radical (unpaired) electrons. The van der Waals surface area contributed by atoms with Crippen LogP contribution < -0.4 is 11.1 Å². The summed E-state index contributed by atoms with van der Waals surface area (Å²) in [5.74, 6) is -1.20. The third-order valence-electron chi connectivity index (χ3n) is 3.04. The average Bonchev–Trinajstić information content (AvgIpc) is 2.67. The minimum atomic E-state index is -1.04. The van der Waals surface area contributed by atoms with Gasteiger partial charge in [-0.15, -0.1) is 0 Å². The van der Waals surface area contributed by atoms with Gasteiger partial charge in [-0.05, 0) is 18.1 Å². The van der Waals surface area contributed by atoms with Gasteiger partial charge in [0, 0.05) is 11.6 Å². The summed E-state index contributed by atoms with van der Waals surface area (Å²) < 4.78 is 0. The fourth-order valence-corrected chi connectivity index (χ4v) is 2.16. The smallest absolute Gasteiger partial charge is 0.320 e. The molecule has 1 unspecified atom stereocenters. The van der Waals surface area contributed by atoms with Gasteiger partial charge in [0.1, 0.15) is 12.1 Å². The molecule has 5 heteroatoms. The summed E-state index contributed by atoms with van der Waals surface area (Å²) in [7, 11) is 0. The molecule has 1 aromatic carbocycles. The van der Waals surface area contributed by atoms with Gasteiger partial charge < -0.3 is 16.2 Å². The van der Waals surface area contributed by atoms with Gasteiger partial charge >= 0.3 is 5.97 Å². The predicted octanol–water partition coefficient (Wildman–Crippen LogP) is 0.890. The number of aliphatic carboxylic acids is 1. The third-order valence-corrected chi connectivity index (χ3v) is 3.04. The minimum Gasteiger partial charge on any atom is -0.480 e. The molecule has 88 valence electrons. The molecule has 2 rings (SSSR count). The van der Waals surface area contributed by atoms with E-state index in [0.717, 1.165) is 11.3 Å². The fourth-order valence-electron chi connectivity index (χ4n) is 2.16. The van der Waals surface area contributed by atoms with Crippen molar-refractivity contribution < 1.29 is 9.90 Å². The van der Waals surface area contributed by atoms with E-state index in [1.54, 1.807) is 0 Å². The van der Waals surface area contributed by atoms with Crippen molar-refractivity contribution in [1.29, 1.82) is 5.26 Å². The van der Waals surface area contributed by atoms with Gasteiger partial charge in [0.2, 0.25) is 0 Å². The molecule has 3 atom stereocenters. The number of hydrogen-bond donors (Lipinski definition) is 3. The molecule has 1 heterocycles. The van der Waals surface area contributed by atoms with Crippen LogP contribution in [0.1, 0.15) is 17.9 Å². The van der Waals surface area contributed by atoms with Crippen LogP contribution in [-0.4, -0.2) is 23.2 Å². The van der Waals surface area contributed by atoms with Crippen LogP contribution in [0.15, 0.2) is 24.3 Å². The number of carboxylic acids is 1. The number of rotatable bonds is 3. The molecule has 0 aliphatic carbocycles. The molecular weight excluding hydrogens is 218 g/mol. The number of nitrogens with zero attached hydrogens (tertiary/aromatic N) is 1. The summed E-state index contributed by atoms with van der Waals surface area (Å²) in [6.45, 7) is 0. The van der Waals surface area contributed by atoms with Crippen molar-refractivity contribution in [3.05, 3.63) is 29.8 Å². The highest BCUT2D eigenvalue weighted by Crippen LogP contribution is 2.38. The summed E-state index contributed by atoms with van der Waals surface area (Å²) in [5.41, 5.74) is 7.39. The Morgan fingerprint density at radius 3 is 2.94 bits per heavy atom. The first kappa shape index (κ1) is 11.4. The predicted molar refractivity (Wildman–Crippen MR) is 62.4 cm³/mol. The van der Waals surface area contributed by atoms with E-state index >= 15 is 0 Å². The molecule has 0 amide bonds. The maximum Gasteiger partial charge on any atom is 0.320 e. The molecule has 1 aliphatic heterocycles. The van der Waals surface area contributed by atoms with Gasteiger partial charge in [-0.25, -0.2) is 0 Å². The first-order valence-corrected chi connectivity index (χ1v) is 5.37. The topological polar surface area (TPSA) is 99.1 Å². The van der Waals surface area contributed by atoms with Crippen LogP contribution in [0.5, 0.6) is 0 Å². The van der Waals surface area contributed by atoms with Crippen molar-refractivity contribution in [2.45, 2.75) is 24.4 Å². The number of hydrogen-bond acceptors (Lipinski definition) is 4. The number of para-hydroxylation sites is 1. The van der Waals surface area contributed by atoms with E-state index in [1.165, 1.54) is 0 Å². The lowest BCUT2D eigenvalue weighted by atomic mass is 9.89. The van der Waals surface area contributed by atoms with Gasteiger partial charge in [0.15, 0.2) is 0 Å². The zero-order valence-electron chi connectivity index (χ0n) is 9.13. The Labute approximate surface area is 98.9 Å². The Morgan fingerprint density at radius 2 is 2.29 bits per heavy atom. The number of fused-ring (bicyclic) bond motifs is 1. The molecule has 0 bridgehead atoms. The molecule has 0 saturated heterocycles. The second-order valence-corrected chi connectivity index (χ2v) is 4.13. The van der Waals surface area contributed by atoms with Crippen LogP contribution in [0.25, 0.3) is 0 Å². The lowest BCUT2D eigenvalue weighted by molar-refractivity contribution is -0.138. The zero-order chi connectivity index (χ0) is 12.4. The average molecular weight is 231 g/mol. The second kappa shape index (κ2) is 4.44. The molecule has 0 spiro atoms. The van der Waals surface area contributed by atoms with Crippen molar-refractivity contribution in [3.63, 3.8) is 0 Å². The number of nitriles is 1. The van der Waals surface area contributed by atoms with Crippen LogP contribution in [-0.2, 0) is 4.79 Å². The minimum absolute atomic E-state index is 0.165. The number of nitrogens with one attached hydrogen (secondary N) is 1. The molecule has 0 fully saturated rings. The van der Waals surface area contributed by atoms with E-state index in [0.29, 0.717) is 0 Å². The van der Waals surface area contributed by atoms with Crippen molar-refractivity contribution in [2.75, 3.05) is 5.32 Å². The quantitative estimate of drug-likeness (QED) is 0.717. The zero-order valence-corrected chi connectivity index (χ0v) is 9.13. The van der Waals surface area contributed by atoms with Crippen LogP contribution in [0.2, 0.25) is 0 Å². The third kappa shape index (κ3) is 2.08. The monoisotopic (exact) mass is 231 g/mol. The number of anilines is 1. The standard InChI is InChI=1S/C12H13N3O2/c13-6-11-8(5-9(14)12(16)17)7-3-1-2-4-10(7)15-11/h1-4,8-9,11,15H,5,14H2,(H,16,17)/t8-,9?,11+/m0/s1. The molecule has 4 N–H and O–H groups in total. The first-order chi connectivity index (χ1) is 8.13. The van der Waals surface area contributed by atoms with E-state index in [9.17, 15) is 4.79 Å². The Bertz CT molecular complexity index is 481. The Balaban J connectivity index is 2.25. The van der Waals surface area contributed by atoms with Crippen LogP contribution in [0, 0.1) is 11.3 Å². The fraction of sp³-hybridized carbons (Fsp3) is 0.333. The normalized spacial score (nSPS) is 23.3. The molecule has 1 aromatic rings. The molecule has 0 aromatic heterocycles.